The molecule has 0 aliphatic heterocycles. The van der Waals surface area contributed by atoms with E-state index >= 15 is 0 Å². The van der Waals surface area contributed by atoms with E-state index in [0.29, 0.717) is 24.2 Å². The van der Waals surface area contributed by atoms with Crippen molar-refractivity contribution in [3.05, 3.63) is 28.5 Å². The first-order chi connectivity index (χ1) is 21.0. The summed E-state index contributed by atoms with van der Waals surface area (Å²) in [6.45, 7) is 11.4. The summed E-state index contributed by atoms with van der Waals surface area (Å²) in [5.41, 5.74) is 2.61. The molecule has 254 valence electrons. The average molecular weight is 664 g/mol. The Morgan fingerprint density at radius 1 is 1.16 bits per heavy atom. The lowest BCUT2D eigenvalue weighted by atomic mass is 10.0. The predicted molar refractivity (Wildman–Crippen MR) is 166 cm³/mol. The fraction of sp³-hybridized carbons (Fsp3) is 0.677. The fourth-order valence-electron chi connectivity index (χ4n) is 5.11. The van der Waals surface area contributed by atoms with Crippen molar-refractivity contribution >= 4 is 29.0 Å². The number of alkyl halides is 5. The molecule has 8 nitrogen and oxygen atoms in total. The number of nitrogens with two attached hydrogens (primary N) is 1. The van der Waals surface area contributed by atoms with Crippen molar-refractivity contribution in [2.24, 2.45) is 23.5 Å². The van der Waals surface area contributed by atoms with Crippen LogP contribution in [0.4, 0.5) is 27.8 Å². The maximum absolute atomic E-state index is 13.9. The number of hydrogen-bond donors (Lipinski definition) is 4. The molecular formula is C31H46F5N5O3S. The summed E-state index contributed by atoms with van der Waals surface area (Å²) in [6, 6.07) is -1.15. The fourth-order valence-corrected chi connectivity index (χ4v) is 6.13. The first-order valence-electron chi connectivity index (χ1n) is 15.4. The normalized spacial score (nSPS) is 18.8. The van der Waals surface area contributed by atoms with Crippen LogP contribution in [0.5, 0.6) is 0 Å². The van der Waals surface area contributed by atoms with Gasteiger partial charge in [-0.25, -0.2) is 18.7 Å². The van der Waals surface area contributed by atoms with Crippen molar-refractivity contribution < 1.29 is 36.6 Å². The van der Waals surface area contributed by atoms with Gasteiger partial charge in [-0.05, 0) is 56.9 Å². The Kier molecular flexibility index (Phi) is 14.2. The molecule has 2 amide bonds. The van der Waals surface area contributed by atoms with Crippen molar-refractivity contribution in [3.8, 4) is 10.4 Å². The molecule has 2 heterocycles. The number of thiazole rings is 1. The number of halogens is 5. The van der Waals surface area contributed by atoms with E-state index in [1.165, 1.54) is 46.0 Å². The molecule has 0 radical (unpaired) electrons. The van der Waals surface area contributed by atoms with E-state index in [9.17, 15) is 36.6 Å². The van der Waals surface area contributed by atoms with Gasteiger partial charge in [0.25, 0.3) is 18.2 Å². The van der Waals surface area contributed by atoms with Crippen molar-refractivity contribution in [1.82, 2.24) is 15.3 Å². The lowest BCUT2D eigenvalue weighted by Crippen LogP contribution is -2.38. The average Bonchev–Trinajstić information content (AvgIpc) is 3.55. The maximum Gasteiger partial charge on any atom is 0.408 e. The second-order valence-corrected chi connectivity index (χ2v) is 13.1. The van der Waals surface area contributed by atoms with Crippen LogP contribution < -0.4 is 16.4 Å². The summed E-state index contributed by atoms with van der Waals surface area (Å²) in [5.74, 6) is -0.818. The minimum Gasteiger partial charge on any atom is -0.389 e. The monoisotopic (exact) mass is 663 g/mol. The molecule has 2 aromatic rings. The van der Waals surface area contributed by atoms with Crippen LogP contribution in [0.2, 0.25) is 0 Å². The van der Waals surface area contributed by atoms with Crippen molar-refractivity contribution in [3.63, 3.8) is 0 Å². The highest BCUT2D eigenvalue weighted by atomic mass is 32.1. The summed E-state index contributed by atoms with van der Waals surface area (Å²) in [5, 5.41) is 14.0. The first-order valence-corrected chi connectivity index (χ1v) is 16.2. The molecule has 0 aromatic carbocycles. The number of rotatable bonds is 11. The molecule has 5 N–H and O–H groups in total. The summed E-state index contributed by atoms with van der Waals surface area (Å²) < 4.78 is 67.7. The van der Waals surface area contributed by atoms with Gasteiger partial charge in [0, 0.05) is 23.9 Å². The van der Waals surface area contributed by atoms with Crippen LogP contribution in [0, 0.1) is 17.8 Å². The number of carbonyl (C=O) groups excluding carboxylic acids is 2. The number of anilines is 1. The van der Waals surface area contributed by atoms with Gasteiger partial charge in [0.1, 0.15) is 17.6 Å². The molecule has 0 saturated heterocycles. The third kappa shape index (κ3) is 11.8. The molecular weight excluding hydrogens is 617 g/mol. The molecule has 4 rings (SSSR count). The number of carbonyl (C=O) groups is 2. The number of nitrogens with zero attached hydrogens (tertiary/aromatic N) is 2. The molecule has 45 heavy (non-hydrogen) atoms. The molecule has 2 fully saturated rings. The molecule has 2 aliphatic carbocycles. The van der Waals surface area contributed by atoms with E-state index in [4.69, 9.17) is 5.73 Å². The zero-order valence-electron chi connectivity index (χ0n) is 26.7. The van der Waals surface area contributed by atoms with E-state index in [0.717, 1.165) is 24.1 Å². The number of nitrogens with one attached hydrogen (secondary N) is 2. The highest BCUT2D eigenvalue weighted by Gasteiger charge is 2.49. The zero-order chi connectivity index (χ0) is 34.1. The Bertz CT molecular complexity index is 1260. The van der Waals surface area contributed by atoms with E-state index in [2.05, 4.69) is 34.4 Å². The molecule has 2 aromatic heterocycles. The summed E-state index contributed by atoms with van der Waals surface area (Å²) in [6.07, 6.45) is 1.25. The van der Waals surface area contributed by atoms with Gasteiger partial charge < -0.3 is 21.5 Å². The van der Waals surface area contributed by atoms with Crippen LogP contribution in [0.1, 0.15) is 119 Å². The van der Waals surface area contributed by atoms with Gasteiger partial charge in [0.15, 0.2) is 5.01 Å². The van der Waals surface area contributed by atoms with Crippen molar-refractivity contribution in [1.29, 1.82) is 0 Å². The van der Waals surface area contributed by atoms with Gasteiger partial charge in [-0.3, -0.25) is 9.59 Å². The van der Waals surface area contributed by atoms with E-state index in [-0.39, 0.29) is 22.0 Å². The topological polar surface area (TPSA) is 130 Å². The van der Waals surface area contributed by atoms with Gasteiger partial charge >= 0.3 is 6.18 Å². The standard InChI is InChI=1S/C20H22F5N5O3S.C9H18.C2H6/c1-19(2,33)7-28-17(32)18-30-12(16(26)31)13(34-18)10-6-27-11(5-9(10)15(21)22)29-14(8-3-4-8)20(23,24)25;1-3-4-9-6-5-8(2)7-9;1-2/h5-6,8,14-15,33H,3-4,7H2,1-2H3,(H2,26,31)(H,27,29)(H,28,32);8-9H,3-7H2,1-2H3;1-2H3. The summed E-state index contributed by atoms with van der Waals surface area (Å²) in [4.78, 5) is 31.7. The minimum atomic E-state index is -4.59. The molecule has 2 aliphatic rings. The van der Waals surface area contributed by atoms with Crippen LogP contribution in [-0.2, 0) is 0 Å². The quantitative estimate of drug-likeness (QED) is 0.182. The number of pyridine rings is 1. The van der Waals surface area contributed by atoms with Crippen LogP contribution in [0.15, 0.2) is 12.3 Å². The number of aromatic nitrogens is 2. The minimum absolute atomic E-state index is 0.155. The lowest BCUT2D eigenvalue weighted by Gasteiger charge is -2.22. The third-order valence-electron chi connectivity index (χ3n) is 7.40. The van der Waals surface area contributed by atoms with Gasteiger partial charge in [0.05, 0.1) is 10.5 Å². The van der Waals surface area contributed by atoms with E-state index in [1.54, 1.807) is 0 Å². The molecule has 0 spiro atoms. The first kappa shape index (κ1) is 38.3. The van der Waals surface area contributed by atoms with Gasteiger partial charge in [-0.15, -0.1) is 11.3 Å². The number of hydrogen-bond acceptors (Lipinski definition) is 7. The maximum atomic E-state index is 13.9. The van der Waals surface area contributed by atoms with E-state index < -0.39 is 59.1 Å². The molecule has 3 unspecified atom stereocenters. The molecule has 2 saturated carbocycles. The second-order valence-electron chi connectivity index (χ2n) is 12.1. The highest BCUT2D eigenvalue weighted by Crippen LogP contribution is 2.43. The predicted octanol–water partition coefficient (Wildman–Crippen LogP) is 7.74. The Labute approximate surface area is 265 Å². The van der Waals surface area contributed by atoms with Crippen molar-refractivity contribution in [2.45, 2.75) is 111 Å². The van der Waals surface area contributed by atoms with Crippen LogP contribution in [0.25, 0.3) is 10.4 Å². The van der Waals surface area contributed by atoms with Crippen LogP contribution in [-0.4, -0.2) is 51.3 Å². The molecule has 0 bridgehead atoms. The second kappa shape index (κ2) is 16.6. The highest BCUT2D eigenvalue weighted by molar-refractivity contribution is 7.17. The van der Waals surface area contributed by atoms with Gasteiger partial charge in [-0.1, -0.05) is 53.4 Å². The summed E-state index contributed by atoms with van der Waals surface area (Å²) >= 11 is 0.591. The largest absolute Gasteiger partial charge is 0.408 e. The smallest absolute Gasteiger partial charge is 0.389 e. The van der Waals surface area contributed by atoms with Gasteiger partial charge in [-0.2, -0.15) is 13.2 Å². The molecule has 14 heteroatoms. The number of amides is 2. The SMILES string of the molecule is CC.CC(C)(O)CNC(=O)c1nc(C(N)=O)c(-c2cnc(NC(C3CC3)C(F)(F)F)cc2C(F)F)s1.CCCC1CCC(C)C1. The Balaban J connectivity index is 0.000000544. The zero-order valence-corrected chi connectivity index (χ0v) is 27.5. The van der Waals surface area contributed by atoms with Crippen LogP contribution in [0.3, 0.4) is 0 Å². The Morgan fingerprint density at radius 2 is 1.80 bits per heavy atom. The Morgan fingerprint density at radius 3 is 2.27 bits per heavy atom. The Hall–Kier alpha value is -2.87. The number of primary amides is 1. The summed E-state index contributed by atoms with van der Waals surface area (Å²) in [7, 11) is 0. The lowest BCUT2D eigenvalue weighted by molar-refractivity contribution is -0.146. The number of aliphatic hydroxyl groups is 1. The molecule has 3 atom stereocenters. The van der Waals surface area contributed by atoms with Crippen molar-refractivity contribution in [2.75, 3.05) is 11.9 Å². The van der Waals surface area contributed by atoms with Gasteiger partial charge in [0.2, 0.25) is 0 Å². The van der Waals surface area contributed by atoms with Crippen LogP contribution >= 0.6 is 11.3 Å². The third-order valence-corrected chi connectivity index (χ3v) is 8.49. The van der Waals surface area contributed by atoms with E-state index in [1.807, 2.05) is 13.8 Å².